The first-order valence-electron chi connectivity index (χ1n) is 10.4. The largest absolute Gasteiger partial charge is 0.368 e. The highest BCUT2D eigenvalue weighted by molar-refractivity contribution is 5.97. The summed E-state index contributed by atoms with van der Waals surface area (Å²) in [6.07, 6.45) is 0.988. The summed E-state index contributed by atoms with van der Waals surface area (Å²) in [6, 6.07) is 14.6. The zero-order valence-electron chi connectivity index (χ0n) is 17.8. The van der Waals surface area contributed by atoms with Crippen LogP contribution in [0, 0.1) is 13.8 Å². The van der Waals surface area contributed by atoms with Gasteiger partial charge in [-0.05, 0) is 55.2 Å². The molecule has 2 N–H and O–H groups in total. The quantitative estimate of drug-likeness (QED) is 0.678. The second-order valence-electron chi connectivity index (χ2n) is 7.77. The maximum atomic E-state index is 13.1. The fourth-order valence-corrected chi connectivity index (χ4v) is 3.79. The summed E-state index contributed by atoms with van der Waals surface area (Å²) in [5, 5.41) is 14.1. The van der Waals surface area contributed by atoms with Gasteiger partial charge in [0.25, 0.3) is 5.91 Å². The number of piperazine rings is 1. The van der Waals surface area contributed by atoms with Crippen LogP contribution < -0.4 is 10.2 Å². The molecule has 0 aliphatic carbocycles. The van der Waals surface area contributed by atoms with E-state index in [1.807, 2.05) is 17.0 Å². The van der Waals surface area contributed by atoms with E-state index < -0.39 is 0 Å². The molecule has 0 radical (unpaired) electrons. The van der Waals surface area contributed by atoms with Gasteiger partial charge in [-0.1, -0.05) is 31.2 Å². The van der Waals surface area contributed by atoms with Crippen molar-refractivity contribution < 1.29 is 4.79 Å². The van der Waals surface area contributed by atoms with Crippen molar-refractivity contribution in [1.82, 2.24) is 20.3 Å². The fraction of sp³-hybridized carbons (Fsp3) is 0.348. The van der Waals surface area contributed by atoms with Gasteiger partial charge in [0.1, 0.15) is 0 Å². The summed E-state index contributed by atoms with van der Waals surface area (Å²) in [5.74, 6) is 0.359. The number of aromatic nitrogens is 3. The van der Waals surface area contributed by atoms with Gasteiger partial charge in [-0.2, -0.15) is 5.21 Å². The first-order chi connectivity index (χ1) is 14.5. The van der Waals surface area contributed by atoms with Gasteiger partial charge in [0.05, 0.1) is 0 Å². The number of hydrogen-bond donors (Lipinski definition) is 2. The number of aromatic amines is 1. The third-order valence-electron chi connectivity index (χ3n) is 5.65. The number of benzene rings is 2. The van der Waals surface area contributed by atoms with Gasteiger partial charge < -0.3 is 15.1 Å². The van der Waals surface area contributed by atoms with Crippen LogP contribution in [0.25, 0.3) is 0 Å². The van der Waals surface area contributed by atoms with Crippen LogP contribution in [0.15, 0.2) is 42.5 Å². The van der Waals surface area contributed by atoms with E-state index in [4.69, 9.17) is 0 Å². The molecule has 30 heavy (non-hydrogen) atoms. The number of nitrogens with one attached hydrogen (secondary N) is 2. The Bertz CT molecular complexity index is 1020. The predicted molar refractivity (Wildman–Crippen MR) is 120 cm³/mol. The Balaban J connectivity index is 1.42. The van der Waals surface area contributed by atoms with Crippen LogP contribution in [0.3, 0.4) is 0 Å². The highest BCUT2D eigenvalue weighted by Gasteiger charge is 2.27. The molecule has 1 amide bonds. The summed E-state index contributed by atoms with van der Waals surface area (Å²) in [4.78, 5) is 17.3. The maximum Gasteiger partial charge on any atom is 0.278 e. The van der Waals surface area contributed by atoms with E-state index in [0.717, 1.165) is 25.2 Å². The van der Waals surface area contributed by atoms with E-state index in [-0.39, 0.29) is 5.91 Å². The van der Waals surface area contributed by atoms with Crippen LogP contribution in [0.4, 0.5) is 17.2 Å². The van der Waals surface area contributed by atoms with Crippen LogP contribution in [0.5, 0.6) is 0 Å². The van der Waals surface area contributed by atoms with E-state index in [9.17, 15) is 4.79 Å². The lowest BCUT2D eigenvalue weighted by molar-refractivity contribution is 0.0742. The van der Waals surface area contributed by atoms with Gasteiger partial charge in [-0.3, -0.25) is 4.79 Å². The zero-order valence-corrected chi connectivity index (χ0v) is 17.8. The lowest BCUT2D eigenvalue weighted by Crippen LogP contribution is -2.49. The minimum absolute atomic E-state index is 0.1000. The molecule has 0 unspecified atom stereocenters. The molecule has 1 saturated heterocycles. The minimum atomic E-state index is -0.1000. The molecule has 0 spiro atoms. The summed E-state index contributed by atoms with van der Waals surface area (Å²) >= 11 is 0. The molecule has 0 atom stereocenters. The summed E-state index contributed by atoms with van der Waals surface area (Å²) in [7, 11) is 0. The number of aryl methyl sites for hydroxylation is 3. The van der Waals surface area contributed by atoms with Crippen molar-refractivity contribution in [2.75, 3.05) is 36.4 Å². The van der Waals surface area contributed by atoms with Crippen molar-refractivity contribution in [2.45, 2.75) is 27.2 Å². The van der Waals surface area contributed by atoms with Crippen molar-refractivity contribution in [1.29, 1.82) is 0 Å². The molecule has 1 fully saturated rings. The van der Waals surface area contributed by atoms with Gasteiger partial charge in [0.2, 0.25) is 0 Å². The third-order valence-corrected chi connectivity index (χ3v) is 5.65. The molecule has 156 valence electrons. The molecule has 2 heterocycles. The number of nitrogens with zero attached hydrogens (tertiary/aromatic N) is 4. The summed E-state index contributed by atoms with van der Waals surface area (Å²) in [5.41, 5.74) is 6.24. The highest BCUT2D eigenvalue weighted by Crippen LogP contribution is 2.24. The van der Waals surface area contributed by atoms with Crippen molar-refractivity contribution in [3.05, 3.63) is 64.8 Å². The Labute approximate surface area is 177 Å². The normalized spacial score (nSPS) is 14.1. The van der Waals surface area contributed by atoms with E-state index in [0.29, 0.717) is 24.6 Å². The molecule has 0 bridgehead atoms. The van der Waals surface area contributed by atoms with Crippen molar-refractivity contribution in [2.24, 2.45) is 0 Å². The summed E-state index contributed by atoms with van der Waals surface area (Å²) in [6.45, 7) is 9.28. The van der Waals surface area contributed by atoms with E-state index in [1.165, 1.54) is 22.4 Å². The fourth-order valence-electron chi connectivity index (χ4n) is 3.79. The first kappa shape index (κ1) is 19.9. The van der Waals surface area contributed by atoms with Crippen LogP contribution in [0.1, 0.15) is 34.1 Å². The van der Waals surface area contributed by atoms with Crippen LogP contribution in [-0.2, 0) is 6.42 Å². The van der Waals surface area contributed by atoms with Crippen LogP contribution in [0.2, 0.25) is 0 Å². The van der Waals surface area contributed by atoms with Crippen molar-refractivity contribution in [3.63, 3.8) is 0 Å². The Hall–Kier alpha value is -3.35. The number of anilines is 3. The molecule has 1 aliphatic rings. The minimum Gasteiger partial charge on any atom is -0.368 e. The lowest BCUT2D eigenvalue weighted by Gasteiger charge is -2.36. The summed E-state index contributed by atoms with van der Waals surface area (Å²) < 4.78 is 0. The van der Waals surface area contributed by atoms with Crippen LogP contribution >= 0.6 is 0 Å². The van der Waals surface area contributed by atoms with Crippen molar-refractivity contribution >= 4 is 23.1 Å². The molecule has 7 nitrogen and oxygen atoms in total. The molecular formula is C23H28N6O. The average Bonchev–Trinajstić information content (AvgIpc) is 3.23. The van der Waals surface area contributed by atoms with Crippen LogP contribution in [-0.4, -0.2) is 52.4 Å². The molecule has 3 aromatic rings. The second kappa shape index (κ2) is 8.57. The average molecular weight is 405 g/mol. The van der Waals surface area contributed by atoms with E-state index in [2.05, 4.69) is 76.7 Å². The van der Waals surface area contributed by atoms with Gasteiger partial charge in [0.15, 0.2) is 11.5 Å². The Morgan fingerprint density at radius 1 is 1.03 bits per heavy atom. The molecule has 1 aromatic heterocycles. The van der Waals surface area contributed by atoms with Crippen molar-refractivity contribution in [3.8, 4) is 0 Å². The lowest BCUT2D eigenvalue weighted by atomic mass is 10.1. The van der Waals surface area contributed by atoms with E-state index in [1.54, 1.807) is 0 Å². The Morgan fingerprint density at radius 3 is 2.47 bits per heavy atom. The molecule has 1 aliphatic heterocycles. The Kier molecular flexibility index (Phi) is 5.70. The SMILES string of the molecule is CCc1ccc(Nc2n[nH]nc2C(=O)N2CCN(c3cc(C)ccc3C)CC2)cc1. The standard InChI is InChI=1S/C23H28N6O/c1-4-18-7-9-19(10-8-18)24-22-21(25-27-26-22)23(30)29-13-11-28(12-14-29)20-15-16(2)5-6-17(20)3/h5-10,15H,4,11-14H2,1-3H3,(H2,24,25,26,27). The smallest absolute Gasteiger partial charge is 0.278 e. The molecule has 4 rings (SSSR count). The number of amides is 1. The zero-order chi connectivity index (χ0) is 21.1. The topological polar surface area (TPSA) is 77.1 Å². The number of carbonyl (C=O) groups excluding carboxylic acids is 1. The number of hydrogen-bond acceptors (Lipinski definition) is 5. The number of H-pyrrole nitrogens is 1. The predicted octanol–water partition coefficient (Wildman–Crippen LogP) is 3.69. The van der Waals surface area contributed by atoms with Gasteiger partial charge in [-0.15, -0.1) is 10.2 Å². The van der Waals surface area contributed by atoms with Gasteiger partial charge in [0, 0.05) is 37.6 Å². The van der Waals surface area contributed by atoms with Gasteiger partial charge in [-0.25, -0.2) is 0 Å². The monoisotopic (exact) mass is 404 g/mol. The number of rotatable bonds is 5. The van der Waals surface area contributed by atoms with Gasteiger partial charge >= 0.3 is 0 Å². The molecule has 7 heteroatoms. The maximum absolute atomic E-state index is 13.1. The first-order valence-corrected chi connectivity index (χ1v) is 10.4. The molecule has 0 saturated carbocycles. The molecule has 2 aromatic carbocycles. The third kappa shape index (κ3) is 4.15. The van der Waals surface area contributed by atoms with E-state index >= 15 is 0 Å². The molecular weight excluding hydrogens is 376 g/mol. The second-order valence-corrected chi connectivity index (χ2v) is 7.77. The highest BCUT2D eigenvalue weighted by atomic mass is 16.2. The Morgan fingerprint density at radius 2 is 1.77 bits per heavy atom. The number of carbonyl (C=O) groups is 1.